The van der Waals surface area contributed by atoms with Crippen LogP contribution in [-0.2, 0) is 4.79 Å². The highest BCUT2D eigenvalue weighted by Gasteiger charge is 2.21. The molecule has 80 valence electrons. The van der Waals surface area contributed by atoms with Crippen molar-refractivity contribution in [3.8, 4) is 0 Å². The second-order valence-corrected chi connectivity index (χ2v) is 4.42. The van der Waals surface area contributed by atoms with E-state index in [4.69, 9.17) is 0 Å². The zero-order valence-corrected chi connectivity index (χ0v) is 8.80. The van der Waals surface area contributed by atoms with Crippen molar-refractivity contribution in [3.63, 3.8) is 0 Å². The molecular weight excluding hydrogens is 176 g/mol. The highest BCUT2D eigenvalue weighted by Crippen LogP contribution is 2.18. The number of carbonyl (C=O) groups excluding carboxylic acids is 1. The van der Waals surface area contributed by atoms with Gasteiger partial charge in [0.1, 0.15) is 0 Å². The Bertz CT molecular complexity index is 195. The molecule has 14 heavy (non-hydrogen) atoms. The Kier molecular flexibility index (Phi) is 3.40. The lowest BCUT2D eigenvalue weighted by atomic mass is 10.1. The fourth-order valence-electron chi connectivity index (χ4n) is 1.97. The molecule has 1 aliphatic heterocycles. The summed E-state index contributed by atoms with van der Waals surface area (Å²) < 4.78 is 0. The highest BCUT2D eigenvalue weighted by molar-refractivity contribution is 5.76. The van der Waals surface area contributed by atoms with E-state index in [0.29, 0.717) is 12.3 Å². The first-order chi connectivity index (χ1) is 6.86. The van der Waals surface area contributed by atoms with Crippen LogP contribution in [0.1, 0.15) is 38.5 Å². The second-order valence-electron chi connectivity index (χ2n) is 4.42. The summed E-state index contributed by atoms with van der Waals surface area (Å²) in [6.45, 7) is 2.85. The molecule has 2 aliphatic rings. The zero-order valence-electron chi connectivity index (χ0n) is 8.80. The summed E-state index contributed by atoms with van der Waals surface area (Å²) in [4.78, 5) is 13.7. The lowest BCUT2D eigenvalue weighted by Gasteiger charge is -2.26. The van der Waals surface area contributed by atoms with Crippen molar-refractivity contribution < 1.29 is 4.79 Å². The van der Waals surface area contributed by atoms with Crippen LogP contribution in [-0.4, -0.2) is 36.5 Å². The van der Waals surface area contributed by atoms with E-state index in [-0.39, 0.29) is 0 Å². The number of nitrogens with zero attached hydrogens (tertiary/aromatic N) is 1. The molecule has 1 N–H and O–H groups in total. The van der Waals surface area contributed by atoms with E-state index < -0.39 is 0 Å². The van der Waals surface area contributed by atoms with Gasteiger partial charge in [-0.1, -0.05) is 0 Å². The molecule has 1 saturated heterocycles. The van der Waals surface area contributed by atoms with E-state index in [0.717, 1.165) is 25.7 Å². The van der Waals surface area contributed by atoms with Crippen molar-refractivity contribution in [2.75, 3.05) is 19.6 Å². The molecule has 0 aromatic carbocycles. The standard InChI is InChI=1S/C11H20N2O/c14-11(6-7-12-10-4-5-10)13-8-2-1-3-9-13/h10,12H,1-9H2. The Morgan fingerprint density at radius 2 is 1.93 bits per heavy atom. The summed E-state index contributed by atoms with van der Waals surface area (Å²) in [5, 5.41) is 3.38. The average Bonchev–Trinajstić information content (AvgIpc) is 3.03. The van der Waals surface area contributed by atoms with E-state index in [1.165, 1.54) is 32.1 Å². The lowest BCUT2D eigenvalue weighted by Crippen LogP contribution is -2.37. The van der Waals surface area contributed by atoms with Gasteiger partial charge in [0.2, 0.25) is 5.91 Å². The third kappa shape index (κ3) is 2.98. The molecule has 3 heteroatoms. The van der Waals surface area contributed by atoms with E-state index in [2.05, 4.69) is 5.32 Å². The maximum atomic E-state index is 11.7. The number of piperidine rings is 1. The normalized spacial score (nSPS) is 22.4. The molecule has 2 fully saturated rings. The summed E-state index contributed by atoms with van der Waals surface area (Å²) in [6, 6.07) is 0.726. The average molecular weight is 196 g/mol. The highest BCUT2D eigenvalue weighted by atomic mass is 16.2. The monoisotopic (exact) mass is 196 g/mol. The Morgan fingerprint density at radius 3 is 2.57 bits per heavy atom. The zero-order chi connectivity index (χ0) is 9.80. The van der Waals surface area contributed by atoms with Crippen LogP contribution in [0.2, 0.25) is 0 Å². The lowest BCUT2D eigenvalue weighted by molar-refractivity contribution is -0.131. The van der Waals surface area contributed by atoms with Crippen LogP contribution in [0.5, 0.6) is 0 Å². The van der Waals surface area contributed by atoms with Crippen molar-refractivity contribution in [1.29, 1.82) is 0 Å². The van der Waals surface area contributed by atoms with Gasteiger partial charge in [-0.25, -0.2) is 0 Å². The van der Waals surface area contributed by atoms with Crippen LogP contribution in [0.15, 0.2) is 0 Å². The SMILES string of the molecule is O=C(CCNC1CC1)N1CCCCC1. The van der Waals surface area contributed by atoms with Crippen LogP contribution >= 0.6 is 0 Å². The number of likely N-dealkylation sites (tertiary alicyclic amines) is 1. The molecule has 0 spiro atoms. The Morgan fingerprint density at radius 1 is 1.21 bits per heavy atom. The van der Waals surface area contributed by atoms with Gasteiger partial charge in [0, 0.05) is 32.1 Å². The molecule has 1 heterocycles. The number of carbonyl (C=O) groups is 1. The topological polar surface area (TPSA) is 32.3 Å². The first-order valence-corrected chi connectivity index (χ1v) is 5.87. The van der Waals surface area contributed by atoms with Gasteiger partial charge in [-0.3, -0.25) is 4.79 Å². The van der Waals surface area contributed by atoms with Crippen molar-refractivity contribution in [2.24, 2.45) is 0 Å². The van der Waals surface area contributed by atoms with Crippen molar-refractivity contribution >= 4 is 5.91 Å². The van der Waals surface area contributed by atoms with Crippen molar-refractivity contribution in [1.82, 2.24) is 10.2 Å². The minimum atomic E-state index is 0.345. The van der Waals surface area contributed by atoms with Crippen LogP contribution in [0, 0.1) is 0 Å². The van der Waals surface area contributed by atoms with Crippen molar-refractivity contribution in [2.45, 2.75) is 44.6 Å². The van der Waals surface area contributed by atoms with Crippen molar-refractivity contribution in [3.05, 3.63) is 0 Å². The summed E-state index contributed by atoms with van der Waals surface area (Å²) in [5.41, 5.74) is 0. The van der Waals surface area contributed by atoms with Crippen LogP contribution in [0.3, 0.4) is 0 Å². The van der Waals surface area contributed by atoms with Gasteiger partial charge in [0.05, 0.1) is 0 Å². The quantitative estimate of drug-likeness (QED) is 0.731. The number of rotatable bonds is 4. The fraction of sp³-hybridized carbons (Fsp3) is 0.909. The third-order valence-corrected chi connectivity index (χ3v) is 3.06. The molecule has 0 aromatic heterocycles. The van der Waals surface area contributed by atoms with E-state index in [1.807, 2.05) is 4.90 Å². The molecule has 2 rings (SSSR count). The van der Waals surface area contributed by atoms with E-state index in [1.54, 1.807) is 0 Å². The number of amides is 1. The summed E-state index contributed by atoms with van der Waals surface area (Å²) >= 11 is 0. The van der Waals surface area contributed by atoms with Gasteiger partial charge in [0.15, 0.2) is 0 Å². The molecule has 3 nitrogen and oxygen atoms in total. The maximum absolute atomic E-state index is 11.7. The smallest absolute Gasteiger partial charge is 0.223 e. The largest absolute Gasteiger partial charge is 0.343 e. The molecule has 0 bridgehead atoms. The van der Waals surface area contributed by atoms with Crippen LogP contribution in [0.4, 0.5) is 0 Å². The first kappa shape index (κ1) is 9.97. The predicted molar refractivity (Wildman–Crippen MR) is 56.1 cm³/mol. The summed E-state index contributed by atoms with van der Waals surface area (Å²) in [6.07, 6.45) is 6.99. The third-order valence-electron chi connectivity index (χ3n) is 3.06. The minimum absolute atomic E-state index is 0.345. The van der Waals surface area contributed by atoms with E-state index >= 15 is 0 Å². The Labute approximate surface area is 85.8 Å². The minimum Gasteiger partial charge on any atom is -0.343 e. The second kappa shape index (κ2) is 4.78. The van der Waals surface area contributed by atoms with Gasteiger partial charge in [-0.15, -0.1) is 0 Å². The van der Waals surface area contributed by atoms with Gasteiger partial charge in [0.25, 0.3) is 0 Å². The molecule has 0 radical (unpaired) electrons. The number of hydrogen-bond donors (Lipinski definition) is 1. The molecule has 1 saturated carbocycles. The predicted octanol–water partition coefficient (Wildman–Crippen LogP) is 1.14. The summed E-state index contributed by atoms with van der Waals surface area (Å²) in [5.74, 6) is 0.345. The number of hydrogen-bond acceptors (Lipinski definition) is 2. The maximum Gasteiger partial charge on any atom is 0.223 e. The van der Waals surface area contributed by atoms with Gasteiger partial charge in [-0.2, -0.15) is 0 Å². The molecule has 1 amide bonds. The number of nitrogens with one attached hydrogen (secondary N) is 1. The first-order valence-electron chi connectivity index (χ1n) is 5.87. The van der Waals surface area contributed by atoms with Gasteiger partial charge >= 0.3 is 0 Å². The summed E-state index contributed by atoms with van der Waals surface area (Å²) in [7, 11) is 0. The Hall–Kier alpha value is -0.570. The van der Waals surface area contributed by atoms with Gasteiger partial charge in [-0.05, 0) is 32.1 Å². The molecular formula is C11H20N2O. The molecule has 0 aromatic rings. The van der Waals surface area contributed by atoms with E-state index in [9.17, 15) is 4.79 Å². The Balaban J connectivity index is 1.60. The van der Waals surface area contributed by atoms with Gasteiger partial charge < -0.3 is 10.2 Å². The molecule has 0 atom stereocenters. The molecule has 0 unspecified atom stereocenters. The van der Waals surface area contributed by atoms with Crippen LogP contribution < -0.4 is 5.32 Å². The van der Waals surface area contributed by atoms with Crippen LogP contribution in [0.25, 0.3) is 0 Å². The fourth-order valence-corrected chi connectivity index (χ4v) is 1.97. The molecule has 1 aliphatic carbocycles.